The van der Waals surface area contributed by atoms with Gasteiger partial charge in [0.2, 0.25) is 0 Å². The summed E-state index contributed by atoms with van der Waals surface area (Å²) in [5, 5.41) is 6.04. The third-order valence-corrected chi connectivity index (χ3v) is 12.2. The fourth-order valence-corrected chi connectivity index (χ4v) is 9.12. The third-order valence-electron chi connectivity index (χ3n) is 11.0. The van der Waals surface area contributed by atoms with Crippen LogP contribution in [0.4, 0.5) is 5.69 Å². The predicted octanol–water partition coefficient (Wildman–Crippen LogP) is 15.5. The second kappa shape index (κ2) is 15.0. The van der Waals surface area contributed by atoms with Crippen LogP contribution in [-0.2, 0) is 0 Å². The lowest BCUT2D eigenvalue weighted by atomic mass is 9.93. The first-order chi connectivity index (χ1) is 28.6. The van der Waals surface area contributed by atoms with Gasteiger partial charge >= 0.3 is 0 Å². The first kappa shape index (κ1) is 35.2. The summed E-state index contributed by atoms with van der Waals surface area (Å²) in [6.45, 7) is 6.62. The van der Waals surface area contributed by atoms with Crippen molar-refractivity contribution in [3.05, 3.63) is 223 Å². The van der Waals surface area contributed by atoms with Gasteiger partial charge in [-0.3, -0.25) is 4.99 Å². The van der Waals surface area contributed by atoms with E-state index in [0.717, 1.165) is 83.1 Å². The number of thiophene rings is 1. The van der Waals surface area contributed by atoms with Crippen LogP contribution in [0.5, 0.6) is 0 Å². The van der Waals surface area contributed by atoms with Crippen molar-refractivity contribution in [2.24, 2.45) is 4.99 Å². The van der Waals surface area contributed by atoms with Gasteiger partial charge in [-0.2, -0.15) is 0 Å². The molecule has 2 heterocycles. The zero-order valence-corrected chi connectivity index (χ0v) is 32.9. The van der Waals surface area contributed by atoms with E-state index in [-0.39, 0.29) is 0 Å². The van der Waals surface area contributed by atoms with Gasteiger partial charge in [-0.15, -0.1) is 11.3 Å². The minimum atomic E-state index is 0.938. The van der Waals surface area contributed by atoms with E-state index < -0.39 is 0 Å². The van der Waals surface area contributed by atoms with E-state index in [9.17, 15) is 0 Å². The summed E-state index contributed by atoms with van der Waals surface area (Å²) < 4.78 is 1.21. The quantitative estimate of drug-likeness (QED) is 0.112. The molecule has 8 aromatic carbocycles. The standard InChI is InChI=1S/C55H38N2S/c1-36(38-16-5-3-6-17-38)55-54(49-26-13-14-27-53(49)58-55)56-37(2)42-21-15-22-43(32-42)40-28-30-41(31-29-40)51-34-45(39-18-7-4-8-19-39)35-52(57-51)50-33-44-20-9-10-23-46(44)47-24-11-12-25-48(47)50/h3-35H,1H2,2H3. The van der Waals surface area contributed by atoms with Crippen LogP contribution in [0.1, 0.15) is 22.9 Å². The lowest BCUT2D eigenvalue weighted by Crippen LogP contribution is -1.95. The molecule has 0 saturated carbocycles. The topological polar surface area (TPSA) is 25.2 Å². The van der Waals surface area contributed by atoms with E-state index >= 15 is 0 Å². The molecule has 274 valence electrons. The Labute approximate surface area is 342 Å². The van der Waals surface area contributed by atoms with Crippen molar-refractivity contribution in [3.8, 4) is 44.8 Å². The molecule has 0 aliphatic carbocycles. The molecule has 0 amide bonds. The highest BCUT2D eigenvalue weighted by Gasteiger charge is 2.17. The average Bonchev–Trinajstić information content (AvgIpc) is 3.66. The number of pyridine rings is 1. The Morgan fingerprint density at radius 2 is 1.05 bits per heavy atom. The van der Waals surface area contributed by atoms with Gasteiger partial charge in [0, 0.05) is 26.9 Å². The lowest BCUT2D eigenvalue weighted by Gasteiger charge is -2.14. The fourth-order valence-electron chi connectivity index (χ4n) is 7.99. The van der Waals surface area contributed by atoms with Crippen LogP contribution in [0.3, 0.4) is 0 Å². The Morgan fingerprint density at radius 3 is 1.84 bits per heavy atom. The summed E-state index contributed by atoms with van der Waals surface area (Å²) in [6, 6.07) is 71.0. The Morgan fingerprint density at radius 1 is 0.466 bits per heavy atom. The largest absolute Gasteiger partial charge is 0.251 e. The van der Waals surface area contributed by atoms with Crippen LogP contribution in [0.15, 0.2) is 212 Å². The van der Waals surface area contributed by atoms with Crippen LogP contribution in [0, 0.1) is 0 Å². The summed E-state index contributed by atoms with van der Waals surface area (Å²) in [7, 11) is 0. The molecule has 0 spiro atoms. The molecule has 0 radical (unpaired) electrons. The molecule has 0 unspecified atom stereocenters. The predicted molar refractivity (Wildman–Crippen MR) is 249 cm³/mol. The van der Waals surface area contributed by atoms with Crippen LogP contribution in [0.2, 0.25) is 0 Å². The molecule has 10 rings (SSSR count). The minimum absolute atomic E-state index is 0.938. The number of hydrogen-bond acceptors (Lipinski definition) is 3. The van der Waals surface area contributed by atoms with Crippen molar-refractivity contribution in [1.29, 1.82) is 0 Å². The summed E-state index contributed by atoms with van der Waals surface area (Å²) in [5.41, 5.74) is 13.8. The maximum atomic E-state index is 5.37. The molecule has 0 atom stereocenters. The zero-order chi connectivity index (χ0) is 39.0. The van der Waals surface area contributed by atoms with Gasteiger partial charge in [0.25, 0.3) is 0 Å². The average molecular weight is 759 g/mol. The first-order valence-corrected chi connectivity index (χ1v) is 20.4. The monoisotopic (exact) mass is 758 g/mol. The minimum Gasteiger partial charge on any atom is -0.251 e. The molecule has 0 fully saturated rings. The van der Waals surface area contributed by atoms with Gasteiger partial charge in [0.15, 0.2) is 0 Å². The van der Waals surface area contributed by atoms with E-state index in [1.54, 1.807) is 11.3 Å². The second-order valence-corrected chi connectivity index (χ2v) is 15.7. The number of fused-ring (bicyclic) bond motifs is 4. The second-order valence-electron chi connectivity index (χ2n) is 14.7. The van der Waals surface area contributed by atoms with Gasteiger partial charge in [0.05, 0.1) is 22.0 Å². The van der Waals surface area contributed by atoms with E-state index in [4.69, 9.17) is 9.98 Å². The Bertz CT molecular complexity index is 3170. The summed E-state index contributed by atoms with van der Waals surface area (Å²) >= 11 is 1.75. The molecular weight excluding hydrogens is 721 g/mol. The summed E-state index contributed by atoms with van der Waals surface area (Å²) in [4.78, 5) is 11.8. The number of aliphatic imine (C=N–C) groups is 1. The van der Waals surface area contributed by atoms with E-state index in [1.807, 2.05) is 6.07 Å². The summed E-state index contributed by atoms with van der Waals surface area (Å²) in [6.07, 6.45) is 0. The van der Waals surface area contributed by atoms with Crippen molar-refractivity contribution in [3.63, 3.8) is 0 Å². The van der Waals surface area contributed by atoms with Crippen molar-refractivity contribution in [2.45, 2.75) is 6.92 Å². The molecular formula is C55H38N2S. The molecule has 0 aliphatic rings. The third kappa shape index (κ3) is 6.62. The van der Waals surface area contributed by atoms with Gasteiger partial charge in [-0.05, 0) is 97.8 Å². The number of rotatable bonds is 8. The number of hydrogen-bond donors (Lipinski definition) is 0. The van der Waals surface area contributed by atoms with Gasteiger partial charge < -0.3 is 0 Å². The Balaban J connectivity index is 1.02. The zero-order valence-electron chi connectivity index (χ0n) is 32.1. The molecule has 0 aliphatic heterocycles. The van der Waals surface area contributed by atoms with Crippen LogP contribution < -0.4 is 0 Å². The normalized spacial score (nSPS) is 11.7. The SMILES string of the molecule is C=C(c1ccccc1)c1sc2ccccc2c1N=C(C)c1cccc(-c2ccc(-c3cc(-c4ccccc4)cc(-c4cc5ccccc5c5ccccc45)n3)cc2)c1. The van der Waals surface area contributed by atoms with Crippen molar-refractivity contribution >= 4 is 59.9 Å². The van der Waals surface area contributed by atoms with E-state index in [0.29, 0.717) is 0 Å². The molecule has 0 saturated heterocycles. The molecule has 0 N–H and O–H groups in total. The maximum absolute atomic E-state index is 5.37. The molecule has 3 heteroatoms. The van der Waals surface area contributed by atoms with E-state index in [1.165, 1.54) is 26.2 Å². The highest BCUT2D eigenvalue weighted by molar-refractivity contribution is 7.20. The molecule has 0 bridgehead atoms. The van der Waals surface area contributed by atoms with Crippen LogP contribution in [0.25, 0.3) is 82.0 Å². The number of benzene rings is 8. The fraction of sp³-hybridized carbons (Fsp3) is 0.0182. The Kier molecular flexibility index (Phi) is 9.14. The molecule has 2 aromatic heterocycles. The number of nitrogens with zero attached hydrogens (tertiary/aromatic N) is 2. The molecule has 2 nitrogen and oxygen atoms in total. The smallest absolute Gasteiger partial charge is 0.0897 e. The molecule has 10 aromatic rings. The maximum Gasteiger partial charge on any atom is 0.0897 e. The molecule has 58 heavy (non-hydrogen) atoms. The van der Waals surface area contributed by atoms with Crippen molar-refractivity contribution < 1.29 is 0 Å². The van der Waals surface area contributed by atoms with Crippen LogP contribution in [-0.4, -0.2) is 10.7 Å². The van der Waals surface area contributed by atoms with Crippen LogP contribution >= 0.6 is 11.3 Å². The Hall–Kier alpha value is -7.20. The highest BCUT2D eigenvalue weighted by Crippen LogP contribution is 2.44. The van der Waals surface area contributed by atoms with Gasteiger partial charge in [-0.1, -0.05) is 176 Å². The number of aromatic nitrogens is 1. The van der Waals surface area contributed by atoms with E-state index in [2.05, 4.69) is 208 Å². The first-order valence-electron chi connectivity index (χ1n) is 19.6. The highest BCUT2D eigenvalue weighted by atomic mass is 32.1. The summed E-state index contributed by atoms with van der Waals surface area (Å²) in [5.74, 6) is 0. The van der Waals surface area contributed by atoms with Gasteiger partial charge in [-0.25, -0.2) is 4.98 Å². The van der Waals surface area contributed by atoms with Crippen molar-refractivity contribution in [1.82, 2.24) is 4.98 Å². The van der Waals surface area contributed by atoms with Gasteiger partial charge in [0.1, 0.15) is 0 Å². The van der Waals surface area contributed by atoms with Crippen molar-refractivity contribution in [2.75, 3.05) is 0 Å². The lowest BCUT2D eigenvalue weighted by molar-refractivity contribution is 1.33.